The Labute approximate surface area is 548 Å². The maximum absolute atomic E-state index is 12.9. The Bertz CT molecular complexity index is 1930. The summed E-state index contributed by atoms with van der Waals surface area (Å²) in [6.07, 6.45) is 96.8. The topological polar surface area (TPSA) is 111 Å². The van der Waals surface area contributed by atoms with Crippen LogP contribution in [0.4, 0.5) is 0 Å². The highest BCUT2D eigenvalue weighted by molar-refractivity contribution is 5.70. The Morgan fingerprint density at radius 1 is 0.337 bits per heavy atom. The first-order chi connectivity index (χ1) is 43.6. The lowest BCUT2D eigenvalue weighted by atomic mass is 10.0. The molecule has 0 amide bonds. The van der Waals surface area contributed by atoms with Crippen molar-refractivity contribution < 1.29 is 42.9 Å². The second-order valence-corrected chi connectivity index (χ2v) is 25.1. The minimum absolute atomic E-state index is 0.140. The summed E-state index contributed by atoms with van der Waals surface area (Å²) in [6.45, 7) is 4.52. The van der Waals surface area contributed by atoms with Gasteiger partial charge in [0.25, 0.3) is 0 Å². The van der Waals surface area contributed by atoms with Crippen LogP contribution in [0.5, 0.6) is 0 Å². The van der Waals surface area contributed by atoms with Crippen LogP contribution < -0.4 is 5.11 Å². The maximum atomic E-state index is 12.9. The van der Waals surface area contributed by atoms with Gasteiger partial charge in [0.2, 0.25) is 0 Å². The van der Waals surface area contributed by atoms with Gasteiger partial charge in [-0.1, -0.05) is 308 Å². The molecule has 0 aliphatic rings. The molecule has 508 valence electrons. The van der Waals surface area contributed by atoms with Gasteiger partial charge in [-0.05, 0) is 109 Å². The van der Waals surface area contributed by atoms with Crippen LogP contribution in [0.3, 0.4) is 0 Å². The van der Waals surface area contributed by atoms with Gasteiger partial charge >= 0.3 is 11.9 Å². The third-order valence-corrected chi connectivity index (χ3v) is 15.4. The number of carbonyl (C=O) groups is 3. The normalized spacial score (nSPS) is 13.5. The lowest BCUT2D eigenvalue weighted by Gasteiger charge is -2.26. The van der Waals surface area contributed by atoms with Gasteiger partial charge in [0.15, 0.2) is 12.4 Å². The van der Waals surface area contributed by atoms with Crippen LogP contribution >= 0.6 is 0 Å². The quantitative estimate of drug-likeness (QED) is 0.0195. The first-order valence-corrected chi connectivity index (χ1v) is 36.3. The Balaban J connectivity index is 4.11. The van der Waals surface area contributed by atoms with E-state index in [0.717, 1.165) is 116 Å². The summed E-state index contributed by atoms with van der Waals surface area (Å²) < 4.78 is 22.8. The fourth-order valence-electron chi connectivity index (χ4n) is 9.92. The van der Waals surface area contributed by atoms with Crippen molar-refractivity contribution in [1.29, 1.82) is 0 Å². The maximum Gasteiger partial charge on any atom is 0.306 e. The molecule has 0 saturated heterocycles. The molecule has 0 bridgehead atoms. The van der Waals surface area contributed by atoms with Crippen molar-refractivity contribution in [3.05, 3.63) is 134 Å². The van der Waals surface area contributed by atoms with Crippen molar-refractivity contribution >= 4 is 17.9 Å². The smallest absolute Gasteiger partial charge is 0.306 e. The van der Waals surface area contributed by atoms with Gasteiger partial charge in [-0.2, -0.15) is 0 Å². The van der Waals surface area contributed by atoms with E-state index >= 15 is 0 Å². The number of allylic oxidation sites excluding steroid dienone is 22. The molecule has 0 heterocycles. The average molecular weight is 1240 g/mol. The number of carbonyl (C=O) groups excluding carboxylic acids is 3. The second-order valence-electron chi connectivity index (χ2n) is 25.1. The van der Waals surface area contributed by atoms with Gasteiger partial charge in [-0.15, -0.1) is 0 Å². The van der Waals surface area contributed by atoms with E-state index < -0.39 is 24.3 Å². The molecule has 0 aliphatic carbocycles. The van der Waals surface area contributed by atoms with Crippen LogP contribution in [0, 0.1) is 0 Å². The zero-order valence-corrected chi connectivity index (χ0v) is 58.0. The minimum Gasteiger partial charge on any atom is -0.545 e. The Morgan fingerprint density at radius 2 is 0.607 bits per heavy atom. The molecular weight excluding hydrogens is 1100 g/mol. The first-order valence-electron chi connectivity index (χ1n) is 36.3. The van der Waals surface area contributed by atoms with Crippen molar-refractivity contribution in [2.75, 3.05) is 47.5 Å². The van der Waals surface area contributed by atoms with E-state index in [1.807, 2.05) is 21.1 Å². The minimum atomic E-state index is -1.63. The number of aliphatic carboxylic acids is 1. The number of hydrogen-bond acceptors (Lipinski definition) is 8. The fourth-order valence-corrected chi connectivity index (χ4v) is 9.92. The van der Waals surface area contributed by atoms with Crippen LogP contribution in [0.15, 0.2) is 134 Å². The number of likely N-dealkylation sites (N-methyl/N-ethyl adjacent to an activating group) is 1. The highest BCUT2D eigenvalue weighted by atomic mass is 16.7. The Morgan fingerprint density at radius 3 is 0.899 bits per heavy atom. The summed E-state index contributed by atoms with van der Waals surface area (Å²) in [5, 5.41) is 11.8. The number of carboxylic acid groups (broad SMARTS) is 1. The Kier molecular flexibility index (Phi) is 65.8. The molecule has 0 spiro atoms. The molecule has 0 saturated carbocycles. The SMILES string of the molecule is CC/C=C\C/C=C\C/C=C\C/C=C\C/C=C\C/C=C\C/C=C\CCCCCCCCCC(=O)OC(COC(=O)CCCCCCCCCCCCCCCCCCCCCCCC/C=C\C/C=C\C/C=C\C/C=C\CC)COC(OCC[N+](C)(C)C)C(=O)[O-]. The fraction of sp³-hybridized carbons (Fsp3) is 0.688. The van der Waals surface area contributed by atoms with Crippen LogP contribution in [0.25, 0.3) is 0 Å². The molecule has 0 aromatic heterocycles. The van der Waals surface area contributed by atoms with E-state index in [1.165, 1.54) is 148 Å². The highest BCUT2D eigenvalue weighted by Crippen LogP contribution is 2.17. The van der Waals surface area contributed by atoms with Crippen LogP contribution in [-0.2, 0) is 33.3 Å². The molecule has 0 N–H and O–H groups in total. The average Bonchev–Trinajstić information content (AvgIpc) is 3.71. The summed E-state index contributed by atoms with van der Waals surface area (Å²) >= 11 is 0. The predicted molar refractivity (Wildman–Crippen MR) is 379 cm³/mol. The monoisotopic (exact) mass is 1240 g/mol. The Hall–Kier alpha value is -4.57. The zero-order chi connectivity index (χ0) is 64.7. The lowest BCUT2D eigenvalue weighted by Crippen LogP contribution is -2.44. The number of nitrogens with zero attached hydrogens (tertiary/aromatic N) is 1. The van der Waals surface area contributed by atoms with Gasteiger partial charge in [0, 0.05) is 12.8 Å². The number of esters is 2. The van der Waals surface area contributed by atoms with E-state index in [2.05, 4.69) is 148 Å². The molecule has 0 aromatic rings. The van der Waals surface area contributed by atoms with Gasteiger partial charge in [-0.25, -0.2) is 0 Å². The summed E-state index contributed by atoms with van der Waals surface area (Å²) in [6, 6.07) is 0. The largest absolute Gasteiger partial charge is 0.545 e. The van der Waals surface area contributed by atoms with E-state index in [9.17, 15) is 19.5 Å². The van der Waals surface area contributed by atoms with Crippen LogP contribution in [0.1, 0.15) is 296 Å². The molecule has 9 heteroatoms. The summed E-state index contributed by atoms with van der Waals surface area (Å²) in [4.78, 5) is 37.5. The lowest BCUT2D eigenvalue weighted by molar-refractivity contribution is -0.870. The highest BCUT2D eigenvalue weighted by Gasteiger charge is 2.22. The standard InChI is InChI=1S/C80H135NO8/c1-6-8-10-12-14-16-18-20-22-24-26-28-30-32-34-36-37-38-39-40-41-43-44-46-48-50-52-54-56-58-60-62-64-66-68-70-77(82)87-74-76(75-88-80(79(84)85)86-73-72-81(3,4)5)89-78(83)71-69-67-65-63-61-59-57-55-53-51-49-47-45-42-35-33-31-29-27-25-23-21-19-17-15-13-11-9-7-2/h8-11,14-17,20-23,26-29,33,35,45,47,51,53,76,80H,6-7,12-13,18-19,24-25,30-32,34,36-44,46,48-50,52,54-75H2,1-5H3/b10-8-,11-9-,16-14-,17-15-,22-20-,23-21-,28-26-,29-27-,35-33-,47-45-,53-51-. The molecular formula is C80H135NO8. The number of rotatable bonds is 66. The first kappa shape index (κ1) is 84.4. The molecule has 0 aromatic carbocycles. The van der Waals surface area contributed by atoms with Crippen molar-refractivity contribution in [3.63, 3.8) is 0 Å². The number of quaternary nitrogens is 1. The van der Waals surface area contributed by atoms with E-state index in [0.29, 0.717) is 17.4 Å². The molecule has 9 nitrogen and oxygen atoms in total. The third kappa shape index (κ3) is 70.7. The molecule has 0 fully saturated rings. The molecule has 0 aliphatic heterocycles. The van der Waals surface area contributed by atoms with Crippen molar-refractivity contribution in [2.45, 2.75) is 309 Å². The second kappa shape index (κ2) is 69.3. The predicted octanol–water partition coefficient (Wildman–Crippen LogP) is 21.6. The number of carboxylic acids is 1. The molecule has 89 heavy (non-hydrogen) atoms. The van der Waals surface area contributed by atoms with Gasteiger partial charge in [-0.3, -0.25) is 9.59 Å². The third-order valence-electron chi connectivity index (χ3n) is 15.4. The van der Waals surface area contributed by atoms with Gasteiger partial charge in [0.05, 0.1) is 40.3 Å². The number of hydrogen-bond donors (Lipinski definition) is 0. The summed E-state index contributed by atoms with van der Waals surface area (Å²) in [7, 11) is 5.92. The van der Waals surface area contributed by atoms with Crippen LogP contribution in [0.2, 0.25) is 0 Å². The van der Waals surface area contributed by atoms with E-state index in [4.69, 9.17) is 18.9 Å². The summed E-state index contributed by atoms with van der Waals surface area (Å²) in [5.74, 6) is -2.30. The number of unbranched alkanes of at least 4 members (excludes halogenated alkanes) is 29. The van der Waals surface area contributed by atoms with Gasteiger partial charge < -0.3 is 33.3 Å². The van der Waals surface area contributed by atoms with Crippen LogP contribution in [-0.4, -0.2) is 82.3 Å². The molecule has 0 rings (SSSR count). The molecule has 2 atom stereocenters. The molecule has 2 unspecified atom stereocenters. The number of ether oxygens (including phenoxy) is 4. The van der Waals surface area contributed by atoms with E-state index in [-0.39, 0.29) is 38.6 Å². The van der Waals surface area contributed by atoms with Gasteiger partial charge in [0.1, 0.15) is 13.2 Å². The van der Waals surface area contributed by atoms with Crippen molar-refractivity contribution in [1.82, 2.24) is 0 Å². The van der Waals surface area contributed by atoms with E-state index in [1.54, 1.807) is 0 Å². The summed E-state index contributed by atoms with van der Waals surface area (Å²) in [5.41, 5.74) is 0. The van der Waals surface area contributed by atoms with Crippen molar-refractivity contribution in [3.8, 4) is 0 Å². The zero-order valence-electron chi connectivity index (χ0n) is 58.0. The molecule has 0 radical (unpaired) electrons. The van der Waals surface area contributed by atoms with Crippen molar-refractivity contribution in [2.24, 2.45) is 0 Å².